The third-order valence-corrected chi connectivity index (χ3v) is 6.47. The highest BCUT2D eigenvalue weighted by Crippen LogP contribution is 2.59. The van der Waals surface area contributed by atoms with Gasteiger partial charge in [0.25, 0.3) is 0 Å². The van der Waals surface area contributed by atoms with E-state index in [1.807, 2.05) is 0 Å². The predicted molar refractivity (Wildman–Crippen MR) is 67.1 cm³/mol. The zero-order chi connectivity index (χ0) is 10.5. The van der Waals surface area contributed by atoms with Crippen molar-refractivity contribution < 1.29 is 0 Å². The molecule has 0 unspecified atom stereocenters. The second-order valence-corrected chi connectivity index (χ2v) is 9.40. The van der Waals surface area contributed by atoms with Crippen LogP contribution >= 0.6 is 7.26 Å². The molecular weight excluding hydrogens is 175 g/mol. The van der Waals surface area contributed by atoms with Crippen LogP contribution in [0.1, 0.15) is 40.5 Å². The third kappa shape index (κ3) is 5.47. The van der Waals surface area contributed by atoms with Crippen LogP contribution in [0.4, 0.5) is 0 Å². The van der Waals surface area contributed by atoms with E-state index < -0.39 is 7.26 Å². The summed E-state index contributed by atoms with van der Waals surface area (Å²) in [6.45, 7) is 14.0. The summed E-state index contributed by atoms with van der Waals surface area (Å²) in [6, 6.07) is 0. The minimum absolute atomic E-state index is 0.729. The lowest BCUT2D eigenvalue weighted by Crippen LogP contribution is -1.99. The molecule has 0 aromatic heterocycles. The molecule has 0 N–H and O–H groups in total. The topological polar surface area (TPSA) is 0 Å². The van der Waals surface area contributed by atoms with E-state index in [2.05, 4.69) is 47.1 Å². The fraction of sp³-hybridized carbons (Fsp3) is 0.833. The maximum absolute atomic E-state index is 2.46. The largest absolute Gasteiger partial charge is 0.0636 e. The van der Waals surface area contributed by atoms with Crippen molar-refractivity contribution in [3.05, 3.63) is 11.4 Å². The molecule has 0 radical (unpaired) electrons. The SMILES string of the molecule is C/C=C(\C)[P+](C)(C)CCCC(C)C. The molecule has 0 amide bonds. The second kappa shape index (κ2) is 5.81. The maximum Gasteiger partial charge on any atom is 0.0636 e. The first-order valence-electron chi connectivity index (χ1n) is 5.36. The van der Waals surface area contributed by atoms with Crippen LogP contribution in [0.15, 0.2) is 11.4 Å². The molecule has 0 aliphatic heterocycles. The Hall–Kier alpha value is 0.170. The molecule has 0 rings (SSSR count). The van der Waals surface area contributed by atoms with E-state index in [0.717, 1.165) is 5.92 Å². The Morgan fingerprint density at radius 3 is 2.23 bits per heavy atom. The highest BCUT2D eigenvalue weighted by molar-refractivity contribution is 7.78. The molecule has 0 bridgehead atoms. The summed E-state index contributed by atoms with van der Waals surface area (Å²) >= 11 is 0. The highest BCUT2D eigenvalue weighted by atomic mass is 31.2. The van der Waals surface area contributed by atoms with Gasteiger partial charge in [-0.05, 0) is 38.7 Å². The lowest BCUT2D eigenvalue weighted by Gasteiger charge is -2.18. The zero-order valence-corrected chi connectivity index (χ0v) is 11.1. The second-order valence-electron chi connectivity index (χ2n) is 4.87. The van der Waals surface area contributed by atoms with Crippen LogP contribution in [0.2, 0.25) is 0 Å². The maximum atomic E-state index is 2.46. The quantitative estimate of drug-likeness (QED) is 0.569. The molecular formula is C12H26P+. The Kier molecular flexibility index (Phi) is 5.88. The Bertz CT molecular complexity index is 166. The molecule has 0 nitrogen and oxygen atoms in total. The van der Waals surface area contributed by atoms with Crippen molar-refractivity contribution >= 4 is 7.26 Å². The Morgan fingerprint density at radius 2 is 1.85 bits per heavy atom. The molecule has 0 aliphatic carbocycles. The monoisotopic (exact) mass is 201 g/mol. The van der Waals surface area contributed by atoms with Crippen molar-refractivity contribution in [2.24, 2.45) is 5.92 Å². The summed E-state index contributed by atoms with van der Waals surface area (Å²) in [5.41, 5.74) is 0. The Morgan fingerprint density at radius 1 is 1.31 bits per heavy atom. The molecule has 0 aromatic carbocycles. The lowest BCUT2D eigenvalue weighted by atomic mass is 10.1. The van der Waals surface area contributed by atoms with E-state index in [0.29, 0.717) is 0 Å². The van der Waals surface area contributed by atoms with Crippen molar-refractivity contribution in [2.45, 2.75) is 40.5 Å². The minimum Gasteiger partial charge on any atom is -0.0628 e. The van der Waals surface area contributed by atoms with Crippen LogP contribution in [0.25, 0.3) is 0 Å². The van der Waals surface area contributed by atoms with Gasteiger partial charge in [-0.1, -0.05) is 13.8 Å². The zero-order valence-electron chi connectivity index (χ0n) is 10.2. The van der Waals surface area contributed by atoms with Gasteiger partial charge in [0.2, 0.25) is 0 Å². The van der Waals surface area contributed by atoms with Crippen LogP contribution in [0.5, 0.6) is 0 Å². The van der Waals surface area contributed by atoms with Crippen molar-refractivity contribution in [1.82, 2.24) is 0 Å². The normalized spacial score (nSPS) is 13.9. The van der Waals surface area contributed by atoms with Crippen LogP contribution < -0.4 is 0 Å². The summed E-state index contributed by atoms with van der Waals surface area (Å²) in [5, 5.41) is 1.64. The summed E-state index contributed by atoms with van der Waals surface area (Å²) in [5.74, 6) is 0.867. The van der Waals surface area contributed by atoms with Gasteiger partial charge in [0.15, 0.2) is 0 Å². The van der Waals surface area contributed by atoms with Gasteiger partial charge in [0, 0.05) is 7.26 Å². The fourth-order valence-corrected chi connectivity index (χ4v) is 3.45. The fourth-order valence-electron chi connectivity index (χ4n) is 1.42. The lowest BCUT2D eigenvalue weighted by molar-refractivity contribution is 0.578. The number of allylic oxidation sites excluding steroid dienone is 2. The average Bonchev–Trinajstić information content (AvgIpc) is 2.01. The summed E-state index contributed by atoms with van der Waals surface area (Å²) in [4.78, 5) is 0. The third-order valence-electron chi connectivity index (χ3n) is 2.87. The first kappa shape index (κ1) is 13.2. The van der Waals surface area contributed by atoms with E-state index in [1.54, 1.807) is 5.31 Å². The number of rotatable bonds is 5. The summed E-state index contributed by atoms with van der Waals surface area (Å²) in [7, 11) is -0.729. The Labute approximate surface area is 85.1 Å². The van der Waals surface area contributed by atoms with E-state index in [4.69, 9.17) is 0 Å². The first-order valence-corrected chi connectivity index (χ1v) is 8.23. The van der Waals surface area contributed by atoms with Crippen LogP contribution in [0.3, 0.4) is 0 Å². The molecule has 0 aliphatic rings. The standard InChI is InChI=1S/C12H26P/c1-7-12(4)13(5,6)10-8-9-11(2)3/h7,11H,8-10H2,1-6H3/q+1/b12-7+. The van der Waals surface area contributed by atoms with Gasteiger partial charge >= 0.3 is 0 Å². The molecule has 78 valence electrons. The van der Waals surface area contributed by atoms with Crippen molar-refractivity contribution in [3.8, 4) is 0 Å². The van der Waals surface area contributed by atoms with Crippen LogP contribution in [-0.4, -0.2) is 19.5 Å². The van der Waals surface area contributed by atoms with Gasteiger partial charge in [-0.2, -0.15) is 0 Å². The number of hydrogen-bond acceptors (Lipinski definition) is 0. The first-order chi connectivity index (χ1) is 5.90. The van der Waals surface area contributed by atoms with Crippen molar-refractivity contribution in [3.63, 3.8) is 0 Å². The summed E-state index contributed by atoms with van der Waals surface area (Å²) < 4.78 is 0. The van der Waals surface area contributed by atoms with Gasteiger partial charge in [0.1, 0.15) is 0 Å². The Balaban J connectivity index is 3.90. The minimum atomic E-state index is -0.729. The molecule has 0 aromatic rings. The van der Waals surface area contributed by atoms with Crippen LogP contribution in [-0.2, 0) is 0 Å². The molecule has 0 atom stereocenters. The predicted octanol–water partition coefficient (Wildman–Crippen LogP) is 4.62. The molecule has 0 heterocycles. The molecule has 0 saturated carbocycles. The van der Waals surface area contributed by atoms with E-state index in [9.17, 15) is 0 Å². The molecule has 0 spiro atoms. The van der Waals surface area contributed by atoms with Gasteiger partial charge in [-0.15, -0.1) is 0 Å². The molecule has 1 heteroatoms. The van der Waals surface area contributed by atoms with E-state index in [-0.39, 0.29) is 0 Å². The van der Waals surface area contributed by atoms with E-state index >= 15 is 0 Å². The van der Waals surface area contributed by atoms with Crippen LogP contribution in [0, 0.1) is 5.92 Å². The highest BCUT2D eigenvalue weighted by Gasteiger charge is 2.26. The van der Waals surface area contributed by atoms with Gasteiger partial charge in [-0.3, -0.25) is 0 Å². The van der Waals surface area contributed by atoms with Crippen molar-refractivity contribution in [2.75, 3.05) is 19.5 Å². The molecule has 13 heavy (non-hydrogen) atoms. The van der Waals surface area contributed by atoms with Gasteiger partial charge < -0.3 is 0 Å². The van der Waals surface area contributed by atoms with Gasteiger partial charge in [0.05, 0.1) is 24.8 Å². The van der Waals surface area contributed by atoms with Gasteiger partial charge in [-0.25, -0.2) is 0 Å². The number of hydrogen-bond donors (Lipinski definition) is 0. The molecule has 0 saturated heterocycles. The average molecular weight is 201 g/mol. The smallest absolute Gasteiger partial charge is 0.0628 e. The summed E-state index contributed by atoms with van der Waals surface area (Å²) in [6.07, 6.45) is 6.52. The van der Waals surface area contributed by atoms with Crippen molar-refractivity contribution in [1.29, 1.82) is 0 Å². The van der Waals surface area contributed by atoms with E-state index in [1.165, 1.54) is 19.0 Å². The molecule has 0 fully saturated rings.